The van der Waals surface area contributed by atoms with E-state index in [2.05, 4.69) is 56.6 Å². The Morgan fingerprint density at radius 3 is 2.57 bits per heavy atom. The maximum Gasteiger partial charge on any atom is 0.245 e. The summed E-state index contributed by atoms with van der Waals surface area (Å²) in [5, 5.41) is 10.8. The first-order valence-electron chi connectivity index (χ1n) is 7.74. The Kier molecular flexibility index (Phi) is 4.20. The highest BCUT2D eigenvalue weighted by atomic mass is 15.4. The van der Waals surface area contributed by atoms with E-state index in [0.29, 0.717) is 6.04 Å². The Labute approximate surface area is 125 Å². The van der Waals surface area contributed by atoms with Crippen LogP contribution in [0.2, 0.25) is 0 Å². The molecular formula is C16H23N5. The van der Waals surface area contributed by atoms with Gasteiger partial charge in [-0.25, -0.2) is 0 Å². The first-order chi connectivity index (χ1) is 10.3. The fourth-order valence-electron chi connectivity index (χ4n) is 2.79. The van der Waals surface area contributed by atoms with Crippen LogP contribution in [0.5, 0.6) is 0 Å². The van der Waals surface area contributed by atoms with E-state index in [1.165, 1.54) is 5.56 Å². The molecule has 0 saturated carbocycles. The highest BCUT2D eigenvalue weighted by Crippen LogP contribution is 2.21. The molecule has 1 saturated heterocycles. The quantitative estimate of drug-likeness (QED) is 0.904. The van der Waals surface area contributed by atoms with Crippen LogP contribution in [-0.4, -0.2) is 41.4 Å². The molecule has 0 amide bonds. The summed E-state index contributed by atoms with van der Waals surface area (Å²) in [5.74, 6) is 1.67. The summed E-state index contributed by atoms with van der Waals surface area (Å²) < 4.78 is 0. The zero-order valence-corrected chi connectivity index (χ0v) is 12.8. The molecule has 0 aliphatic carbocycles. The molecule has 0 spiro atoms. The number of aryl methyl sites for hydroxylation is 1. The summed E-state index contributed by atoms with van der Waals surface area (Å²) in [6.45, 7) is 4.19. The van der Waals surface area contributed by atoms with Gasteiger partial charge in [-0.1, -0.05) is 31.2 Å². The van der Waals surface area contributed by atoms with Crippen molar-refractivity contribution in [2.24, 2.45) is 0 Å². The summed E-state index contributed by atoms with van der Waals surface area (Å²) in [6.07, 6.45) is 3.35. The molecule has 1 aromatic heterocycles. The molecule has 2 heterocycles. The van der Waals surface area contributed by atoms with Crippen LogP contribution in [0.15, 0.2) is 24.3 Å². The van der Waals surface area contributed by atoms with Gasteiger partial charge in [0.25, 0.3) is 0 Å². The van der Waals surface area contributed by atoms with E-state index in [-0.39, 0.29) is 0 Å². The number of rotatable bonds is 4. The van der Waals surface area contributed by atoms with Crippen molar-refractivity contribution in [3.05, 3.63) is 29.8 Å². The van der Waals surface area contributed by atoms with Gasteiger partial charge in [0.15, 0.2) is 5.82 Å². The first kappa shape index (κ1) is 14.1. The minimum Gasteiger partial charge on any atom is -0.339 e. The smallest absolute Gasteiger partial charge is 0.245 e. The van der Waals surface area contributed by atoms with Crippen molar-refractivity contribution in [1.82, 2.24) is 20.5 Å². The SMILES string of the molecule is CCc1ccc(-c2nc(N3CCC(NC)CC3)n[nH]2)cc1. The lowest BCUT2D eigenvalue weighted by Gasteiger charge is -2.30. The average molecular weight is 285 g/mol. The van der Waals surface area contributed by atoms with Crippen LogP contribution >= 0.6 is 0 Å². The van der Waals surface area contributed by atoms with Crippen LogP contribution in [0, 0.1) is 0 Å². The Morgan fingerprint density at radius 2 is 1.95 bits per heavy atom. The maximum absolute atomic E-state index is 4.65. The number of H-pyrrole nitrogens is 1. The van der Waals surface area contributed by atoms with Gasteiger partial charge in [-0.15, -0.1) is 5.10 Å². The standard InChI is InChI=1S/C16H23N5/c1-3-12-4-6-13(7-5-12)15-18-16(20-19-15)21-10-8-14(17-2)9-11-21/h4-7,14,17H,3,8-11H2,1-2H3,(H,18,19,20). The van der Waals surface area contributed by atoms with Crippen molar-refractivity contribution in [2.75, 3.05) is 25.0 Å². The molecule has 1 aliphatic rings. The van der Waals surface area contributed by atoms with E-state index < -0.39 is 0 Å². The lowest BCUT2D eigenvalue weighted by atomic mass is 10.1. The molecule has 0 bridgehead atoms. The Hall–Kier alpha value is -1.88. The molecule has 0 unspecified atom stereocenters. The van der Waals surface area contributed by atoms with Crippen molar-refractivity contribution in [3.8, 4) is 11.4 Å². The van der Waals surface area contributed by atoms with Gasteiger partial charge in [0.1, 0.15) is 0 Å². The molecular weight excluding hydrogens is 262 g/mol. The van der Waals surface area contributed by atoms with E-state index in [4.69, 9.17) is 0 Å². The van der Waals surface area contributed by atoms with E-state index in [1.807, 2.05) is 7.05 Å². The van der Waals surface area contributed by atoms with Gasteiger partial charge in [-0.3, -0.25) is 5.10 Å². The maximum atomic E-state index is 4.65. The van der Waals surface area contributed by atoms with Crippen LogP contribution < -0.4 is 10.2 Å². The van der Waals surface area contributed by atoms with Crippen LogP contribution in [0.1, 0.15) is 25.3 Å². The van der Waals surface area contributed by atoms with Crippen molar-refractivity contribution in [2.45, 2.75) is 32.2 Å². The van der Waals surface area contributed by atoms with Crippen LogP contribution in [-0.2, 0) is 6.42 Å². The summed E-state index contributed by atoms with van der Waals surface area (Å²) in [4.78, 5) is 6.91. The molecule has 2 aromatic rings. The van der Waals surface area contributed by atoms with Gasteiger partial charge in [-0.05, 0) is 31.9 Å². The number of hydrogen-bond donors (Lipinski definition) is 2. The highest BCUT2D eigenvalue weighted by Gasteiger charge is 2.20. The number of aromatic nitrogens is 3. The molecule has 5 heteroatoms. The number of nitrogens with zero attached hydrogens (tertiary/aromatic N) is 3. The van der Waals surface area contributed by atoms with Gasteiger partial charge in [0, 0.05) is 24.7 Å². The Bertz CT molecular complexity index is 567. The van der Waals surface area contributed by atoms with Crippen molar-refractivity contribution in [3.63, 3.8) is 0 Å². The molecule has 0 radical (unpaired) electrons. The normalized spacial score (nSPS) is 16.4. The minimum atomic E-state index is 0.626. The largest absolute Gasteiger partial charge is 0.339 e. The first-order valence-corrected chi connectivity index (χ1v) is 7.74. The predicted molar refractivity (Wildman–Crippen MR) is 85.5 cm³/mol. The molecule has 3 rings (SSSR count). The summed E-state index contributed by atoms with van der Waals surface area (Å²) in [6, 6.07) is 9.14. The van der Waals surface area contributed by atoms with Gasteiger partial charge in [0.2, 0.25) is 5.95 Å². The van der Waals surface area contributed by atoms with Crippen LogP contribution in [0.3, 0.4) is 0 Å². The topological polar surface area (TPSA) is 56.8 Å². The second-order valence-electron chi connectivity index (χ2n) is 5.58. The van der Waals surface area contributed by atoms with Gasteiger partial charge in [0.05, 0.1) is 0 Å². The van der Waals surface area contributed by atoms with E-state index in [1.54, 1.807) is 0 Å². The summed E-state index contributed by atoms with van der Waals surface area (Å²) in [5.41, 5.74) is 2.43. The average Bonchev–Trinajstić information content (AvgIpc) is 3.05. The Balaban J connectivity index is 1.71. The number of nitrogens with one attached hydrogen (secondary N) is 2. The van der Waals surface area contributed by atoms with Crippen molar-refractivity contribution in [1.29, 1.82) is 0 Å². The lowest BCUT2D eigenvalue weighted by Crippen LogP contribution is -2.41. The number of benzene rings is 1. The Morgan fingerprint density at radius 1 is 1.24 bits per heavy atom. The summed E-state index contributed by atoms with van der Waals surface area (Å²) >= 11 is 0. The third-order valence-corrected chi connectivity index (χ3v) is 4.30. The minimum absolute atomic E-state index is 0.626. The number of aromatic amines is 1. The highest BCUT2D eigenvalue weighted by molar-refractivity contribution is 5.56. The van der Waals surface area contributed by atoms with Gasteiger partial charge < -0.3 is 10.2 Å². The number of anilines is 1. The summed E-state index contributed by atoms with van der Waals surface area (Å²) in [7, 11) is 2.03. The zero-order chi connectivity index (χ0) is 14.7. The number of piperidine rings is 1. The molecule has 5 nitrogen and oxygen atoms in total. The zero-order valence-electron chi connectivity index (χ0n) is 12.8. The molecule has 21 heavy (non-hydrogen) atoms. The fourth-order valence-corrected chi connectivity index (χ4v) is 2.79. The fraction of sp³-hybridized carbons (Fsp3) is 0.500. The van der Waals surface area contributed by atoms with Crippen molar-refractivity contribution < 1.29 is 0 Å². The molecule has 1 aromatic carbocycles. The third-order valence-electron chi connectivity index (χ3n) is 4.30. The van der Waals surface area contributed by atoms with Crippen LogP contribution in [0.4, 0.5) is 5.95 Å². The molecule has 112 valence electrons. The van der Waals surface area contributed by atoms with E-state index in [0.717, 1.165) is 49.7 Å². The monoisotopic (exact) mass is 285 g/mol. The van der Waals surface area contributed by atoms with Gasteiger partial charge in [-0.2, -0.15) is 4.98 Å². The third kappa shape index (κ3) is 3.08. The molecule has 0 atom stereocenters. The lowest BCUT2D eigenvalue weighted by molar-refractivity contribution is 0.439. The number of hydrogen-bond acceptors (Lipinski definition) is 4. The molecule has 2 N–H and O–H groups in total. The van der Waals surface area contributed by atoms with E-state index >= 15 is 0 Å². The second-order valence-corrected chi connectivity index (χ2v) is 5.58. The second kappa shape index (κ2) is 6.26. The van der Waals surface area contributed by atoms with Crippen molar-refractivity contribution >= 4 is 5.95 Å². The predicted octanol–water partition coefficient (Wildman–Crippen LogP) is 2.22. The van der Waals surface area contributed by atoms with Gasteiger partial charge >= 0.3 is 0 Å². The van der Waals surface area contributed by atoms with E-state index in [9.17, 15) is 0 Å². The molecule has 1 aliphatic heterocycles. The molecule has 1 fully saturated rings. The van der Waals surface area contributed by atoms with Crippen LogP contribution in [0.25, 0.3) is 11.4 Å².